The highest BCUT2D eigenvalue weighted by atomic mass is 16.2. The molecule has 0 radical (unpaired) electrons. The molecule has 136 valence electrons. The standard InChI is InChI=1S/C22H26N2O2/c1-17-9-11-18(12-10-17)13-14-21(25)23-20(19-6-3-2-4-7-19)16-24-15-5-8-22(24)26/h2-4,6-7,9-12,20H,5,8,13-16H2,1H3,(H,23,25). The van der Waals surface area contributed by atoms with E-state index in [-0.39, 0.29) is 17.9 Å². The Labute approximate surface area is 155 Å². The third kappa shape index (κ3) is 4.94. The van der Waals surface area contributed by atoms with E-state index in [2.05, 4.69) is 36.5 Å². The van der Waals surface area contributed by atoms with Gasteiger partial charge in [0.2, 0.25) is 11.8 Å². The number of rotatable bonds is 7. The fraction of sp³-hybridized carbons (Fsp3) is 0.364. The molecular formula is C22H26N2O2. The summed E-state index contributed by atoms with van der Waals surface area (Å²) in [7, 11) is 0. The van der Waals surface area contributed by atoms with Gasteiger partial charge in [-0.05, 0) is 30.9 Å². The van der Waals surface area contributed by atoms with Crippen molar-refractivity contribution in [2.24, 2.45) is 0 Å². The molecule has 1 fully saturated rings. The Kier molecular flexibility index (Phi) is 6.05. The Morgan fingerprint density at radius 1 is 1.12 bits per heavy atom. The third-order valence-electron chi connectivity index (χ3n) is 4.87. The normalized spacial score (nSPS) is 15.1. The summed E-state index contributed by atoms with van der Waals surface area (Å²) in [6.07, 6.45) is 2.68. The molecule has 2 amide bonds. The second kappa shape index (κ2) is 8.65. The van der Waals surface area contributed by atoms with Crippen LogP contribution in [0.3, 0.4) is 0 Å². The summed E-state index contributed by atoms with van der Waals surface area (Å²) in [6, 6.07) is 18.0. The molecule has 3 rings (SSSR count). The van der Waals surface area contributed by atoms with Crippen LogP contribution in [-0.4, -0.2) is 29.8 Å². The third-order valence-corrected chi connectivity index (χ3v) is 4.87. The lowest BCUT2D eigenvalue weighted by Gasteiger charge is -2.25. The van der Waals surface area contributed by atoms with Gasteiger partial charge in [0.05, 0.1) is 6.04 Å². The van der Waals surface area contributed by atoms with Crippen molar-refractivity contribution in [3.8, 4) is 0 Å². The molecule has 1 unspecified atom stereocenters. The highest BCUT2D eigenvalue weighted by molar-refractivity contribution is 5.79. The van der Waals surface area contributed by atoms with Crippen LogP contribution in [0, 0.1) is 6.92 Å². The maximum Gasteiger partial charge on any atom is 0.222 e. The molecule has 2 aromatic carbocycles. The molecule has 1 heterocycles. The van der Waals surface area contributed by atoms with Crippen molar-refractivity contribution in [1.82, 2.24) is 10.2 Å². The second-order valence-corrected chi connectivity index (χ2v) is 6.96. The molecule has 1 saturated heterocycles. The highest BCUT2D eigenvalue weighted by Gasteiger charge is 2.25. The van der Waals surface area contributed by atoms with Gasteiger partial charge in [-0.1, -0.05) is 60.2 Å². The Hall–Kier alpha value is -2.62. The van der Waals surface area contributed by atoms with Crippen molar-refractivity contribution >= 4 is 11.8 Å². The average molecular weight is 350 g/mol. The summed E-state index contributed by atoms with van der Waals surface area (Å²) in [5, 5.41) is 3.13. The van der Waals surface area contributed by atoms with Gasteiger partial charge < -0.3 is 10.2 Å². The molecule has 4 nitrogen and oxygen atoms in total. The summed E-state index contributed by atoms with van der Waals surface area (Å²) in [5.41, 5.74) is 3.42. The fourth-order valence-electron chi connectivity index (χ4n) is 3.32. The maximum atomic E-state index is 12.5. The van der Waals surface area contributed by atoms with Gasteiger partial charge in [0, 0.05) is 25.9 Å². The van der Waals surface area contributed by atoms with Crippen molar-refractivity contribution < 1.29 is 9.59 Å². The minimum absolute atomic E-state index is 0.0195. The first-order valence-corrected chi connectivity index (χ1v) is 9.29. The zero-order valence-corrected chi connectivity index (χ0v) is 15.3. The molecule has 1 aliphatic rings. The first-order chi connectivity index (χ1) is 12.6. The molecule has 26 heavy (non-hydrogen) atoms. The van der Waals surface area contributed by atoms with Gasteiger partial charge in [-0.15, -0.1) is 0 Å². The van der Waals surface area contributed by atoms with Gasteiger partial charge in [0.15, 0.2) is 0 Å². The first kappa shape index (κ1) is 18.2. The van der Waals surface area contributed by atoms with Gasteiger partial charge in [-0.2, -0.15) is 0 Å². The van der Waals surface area contributed by atoms with Gasteiger partial charge >= 0.3 is 0 Å². The summed E-state index contributed by atoms with van der Waals surface area (Å²) >= 11 is 0. The number of nitrogens with zero attached hydrogens (tertiary/aromatic N) is 1. The van der Waals surface area contributed by atoms with E-state index in [0.717, 1.165) is 30.5 Å². The molecular weight excluding hydrogens is 324 g/mol. The van der Waals surface area contributed by atoms with Gasteiger partial charge in [0.1, 0.15) is 0 Å². The zero-order chi connectivity index (χ0) is 18.4. The van der Waals surface area contributed by atoms with E-state index >= 15 is 0 Å². The van der Waals surface area contributed by atoms with E-state index in [1.165, 1.54) is 5.56 Å². The van der Waals surface area contributed by atoms with Gasteiger partial charge in [-0.25, -0.2) is 0 Å². The van der Waals surface area contributed by atoms with Gasteiger partial charge in [0.25, 0.3) is 0 Å². The number of benzene rings is 2. The van der Waals surface area contributed by atoms with Crippen LogP contribution in [0.15, 0.2) is 54.6 Å². The Bertz CT molecular complexity index is 740. The number of hydrogen-bond donors (Lipinski definition) is 1. The SMILES string of the molecule is Cc1ccc(CCC(=O)NC(CN2CCCC2=O)c2ccccc2)cc1. The molecule has 0 spiro atoms. The number of aryl methyl sites for hydroxylation is 2. The molecule has 1 aliphatic heterocycles. The van der Waals surface area contributed by atoms with Crippen LogP contribution >= 0.6 is 0 Å². The number of hydrogen-bond acceptors (Lipinski definition) is 2. The number of nitrogens with one attached hydrogen (secondary N) is 1. The van der Waals surface area contributed by atoms with Crippen LogP contribution in [0.1, 0.15) is 42.0 Å². The average Bonchev–Trinajstić information content (AvgIpc) is 3.06. The molecule has 0 bridgehead atoms. The van der Waals surface area contributed by atoms with E-state index in [0.29, 0.717) is 19.4 Å². The monoisotopic (exact) mass is 350 g/mol. The number of carbonyl (C=O) groups excluding carboxylic acids is 2. The van der Waals surface area contributed by atoms with Crippen LogP contribution in [0.4, 0.5) is 0 Å². The molecule has 0 aromatic heterocycles. The number of likely N-dealkylation sites (tertiary alicyclic amines) is 1. The quantitative estimate of drug-likeness (QED) is 0.832. The molecule has 2 aromatic rings. The molecule has 1 N–H and O–H groups in total. The predicted molar refractivity (Wildman–Crippen MR) is 103 cm³/mol. The van der Waals surface area contributed by atoms with Crippen molar-refractivity contribution in [2.45, 2.75) is 38.6 Å². The van der Waals surface area contributed by atoms with Crippen LogP contribution in [0.5, 0.6) is 0 Å². The zero-order valence-electron chi connectivity index (χ0n) is 15.3. The van der Waals surface area contributed by atoms with Gasteiger partial charge in [-0.3, -0.25) is 9.59 Å². The maximum absolute atomic E-state index is 12.5. The predicted octanol–water partition coefficient (Wildman–Crippen LogP) is 3.41. The van der Waals surface area contributed by atoms with Crippen molar-refractivity contribution in [3.63, 3.8) is 0 Å². The number of carbonyl (C=O) groups is 2. The summed E-state index contributed by atoms with van der Waals surface area (Å²) < 4.78 is 0. The van der Waals surface area contributed by atoms with Crippen LogP contribution in [0.25, 0.3) is 0 Å². The fourth-order valence-corrected chi connectivity index (χ4v) is 3.32. The van der Waals surface area contributed by atoms with Crippen molar-refractivity contribution in [2.75, 3.05) is 13.1 Å². The van der Waals surface area contributed by atoms with Crippen molar-refractivity contribution in [3.05, 3.63) is 71.3 Å². The van der Waals surface area contributed by atoms with Crippen molar-refractivity contribution in [1.29, 1.82) is 0 Å². The van der Waals surface area contributed by atoms with E-state index in [4.69, 9.17) is 0 Å². The van der Waals surface area contributed by atoms with E-state index in [9.17, 15) is 9.59 Å². The Morgan fingerprint density at radius 2 is 1.85 bits per heavy atom. The lowest BCUT2D eigenvalue weighted by atomic mass is 10.0. The molecule has 0 aliphatic carbocycles. The second-order valence-electron chi connectivity index (χ2n) is 6.96. The Balaban J connectivity index is 1.61. The summed E-state index contributed by atoms with van der Waals surface area (Å²) in [5.74, 6) is 0.200. The molecule has 1 atom stereocenters. The van der Waals surface area contributed by atoms with E-state index in [1.54, 1.807) is 0 Å². The lowest BCUT2D eigenvalue weighted by Crippen LogP contribution is -2.38. The molecule has 0 saturated carbocycles. The highest BCUT2D eigenvalue weighted by Crippen LogP contribution is 2.19. The van der Waals surface area contributed by atoms with Crippen LogP contribution in [0.2, 0.25) is 0 Å². The largest absolute Gasteiger partial charge is 0.347 e. The van der Waals surface area contributed by atoms with Crippen LogP contribution < -0.4 is 5.32 Å². The summed E-state index contributed by atoms with van der Waals surface area (Å²) in [4.78, 5) is 26.3. The van der Waals surface area contributed by atoms with Crippen LogP contribution in [-0.2, 0) is 16.0 Å². The smallest absolute Gasteiger partial charge is 0.222 e. The summed E-state index contributed by atoms with van der Waals surface area (Å²) in [6.45, 7) is 3.38. The number of amides is 2. The van der Waals surface area contributed by atoms with E-state index < -0.39 is 0 Å². The first-order valence-electron chi connectivity index (χ1n) is 9.29. The minimum atomic E-state index is -0.163. The minimum Gasteiger partial charge on any atom is -0.347 e. The molecule has 4 heteroatoms. The topological polar surface area (TPSA) is 49.4 Å². The lowest BCUT2D eigenvalue weighted by molar-refractivity contribution is -0.129. The Morgan fingerprint density at radius 3 is 2.50 bits per heavy atom. The van der Waals surface area contributed by atoms with E-state index in [1.807, 2.05) is 35.2 Å².